The highest BCUT2D eigenvalue weighted by atomic mass is 16.5. The van der Waals surface area contributed by atoms with E-state index in [1.54, 1.807) is 6.33 Å². The third-order valence-corrected chi connectivity index (χ3v) is 6.29. The van der Waals surface area contributed by atoms with Crippen LogP contribution in [0.1, 0.15) is 30.7 Å². The predicted octanol–water partition coefficient (Wildman–Crippen LogP) is 6.18. The van der Waals surface area contributed by atoms with E-state index in [-0.39, 0.29) is 5.54 Å². The maximum Gasteiger partial charge on any atom is 0.188 e. The fourth-order valence-corrected chi connectivity index (χ4v) is 4.50. The molecule has 8 heteroatoms. The number of imidazole rings is 1. The summed E-state index contributed by atoms with van der Waals surface area (Å²) in [6, 6.07) is 16.1. The number of pyridine rings is 1. The molecule has 186 valence electrons. The summed E-state index contributed by atoms with van der Waals surface area (Å²) in [5, 5.41) is 4.40. The summed E-state index contributed by atoms with van der Waals surface area (Å²) in [7, 11) is 0. The molecule has 2 aromatic carbocycles. The van der Waals surface area contributed by atoms with E-state index in [1.165, 1.54) is 0 Å². The van der Waals surface area contributed by atoms with Crippen molar-refractivity contribution >= 4 is 34.0 Å². The second-order valence-corrected chi connectivity index (χ2v) is 10.1. The van der Waals surface area contributed by atoms with Gasteiger partial charge in [-0.1, -0.05) is 6.07 Å². The van der Waals surface area contributed by atoms with E-state index in [1.807, 2.05) is 61.0 Å². The fraction of sp³-hybridized carbons (Fsp3) is 0.241. The summed E-state index contributed by atoms with van der Waals surface area (Å²) in [4.78, 5) is 18.2. The van der Waals surface area contributed by atoms with Gasteiger partial charge in [-0.3, -0.25) is 0 Å². The van der Waals surface area contributed by atoms with Crippen LogP contribution in [-0.4, -0.2) is 37.4 Å². The monoisotopic (exact) mass is 492 g/mol. The van der Waals surface area contributed by atoms with Crippen LogP contribution in [-0.2, 0) is 11.2 Å². The average Bonchev–Trinajstić information content (AvgIpc) is 3.40. The number of rotatable bonds is 6. The van der Waals surface area contributed by atoms with Gasteiger partial charge in [0.2, 0.25) is 0 Å². The Hall–Kier alpha value is -4.46. The van der Waals surface area contributed by atoms with Crippen LogP contribution in [0, 0.1) is 13.8 Å². The number of nitrogens with one attached hydrogen (secondary N) is 1. The topological polar surface area (TPSA) is 85.9 Å². The van der Waals surface area contributed by atoms with Gasteiger partial charge < -0.3 is 19.2 Å². The molecule has 8 nitrogen and oxygen atoms in total. The number of hydrogen-bond acceptors (Lipinski definition) is 7. The van der Waals surface area contributed by atoms with Crippen LogP contribution in [0.4, 0.5) is 11.5 Å². The molecular formula is C29H28N6O2. The fourth-order valence-electron chi connectivity index (χ4n) is 4.50. The zero-order valence-electron chi connectivity index (χ0n) is 21.3. The summed E-state index contributed by atoms with van der Waals surface area (Å²) in [5.41, 5.74) is 5.56. The zero-order chi connectivity index (χ0) is 25.6. The van der Waals surface area contributed by atoms with Crippen molar-refractivity contribution in [2.45, 2.75) is 39.7 Å². The third-order valence-electron chi connectivity index (χ3n) is 6.29. The molecular weight excluding hydrogens is 464 g/mol. The molecule has 0 unspecified atom stereocenters. The van der Waals surface area contributed by atoms with Crippen LogP contribution in [0.5, 0.6) is 11.5 Å². The predicted molar refractivity (Wildman–Crippen MR) is 145 cm³/mol. The lowest BCUT2D eigenvalue weighted by molar-refractivity contribution is 0.275. The Morgan fingerprint density at radius 2 is 1.95 bits per heavy atom. The first-order valence-corrected chi connectivity index (χ1v) is 12.3. The van der Waals surface area contributed by atoms with E-state index in [2.05, 4.69) is 57.3 Å². The van der Waals surface area contributed by atoms with Crippen molar-refractivity contribution in [1.29, 1.82) is 0 Å². The van der Waals surface area contributed by atoms with E-state index < -0.39 is 0 Å². The van der Waals surface area contributed by atoms with Crippen molar-refractivity contribution < 1.29 is 9.47 Å². The highest BCUT2D eigenvalue weighted by molar-refractivity contribution is 5.92. The highest BCUT2D eigenvalue weighted by Crippen LogP contribution is 2.31. The molecule has 1 N–H and O–H groups in total. The Labute approximate surface area is 215 Å². The molecule has 0 bridgehead atoms. The number of ether oxygens (including phenoxy) is 2. The van der Waals surface area contributed by atoms with Crippen molar-refractivity contribution in [2.75, 3.05) is 11.9 Å². The minimum absolute atomic E-state index is 0.166. The van der Waals surface area contributed by atoms with Gasteiger partial charge in [0.15, 0.2) is 5.90 Å². The number of aromatic nitrogens is 4. The number of nitrogens with zero attached hydrogens (tertiary/aromatic N) is 5. The van der Waals surface area contributed by atoms with Crippen LogP contribution in [0.2, 0.25) is 0 Å². The summed E-state index contributed by atoms with van der Waals surface area (Å²) in [5.74, 6) is 3.04. The van der Waals surface area contributed by atoms with Gasteiger partial charge in [-0.15, -0.1) is 0 Å². The smallest absolute Gasteiger partial charge is 0.188 e. The first-order chi connectivity index (χ1) is 17.8. The van der Waals surface area contributed by atoms with Gasteiger partial charge in [0.05, 0.1) is 16.7 Å². The summed E-state index contributed by atoms with van der Waals surface area (Å²) >= 11 is 0. The molecule has 0 atom stereocenters. The van der Waals surface area contributed by atoms with Gasteiger partial charge >= 0.3 is 0 Å². The van der Waals surface area contributed by atoms with Gasteiger partial charge in [0.25, 0.3) is 0 Å². The van der Waals surface area contributed by atoms with Crippen LogP contribution in [0.15, 0.2) is 72.2 Å². The van der Waals surface area contributed by atoms with Gasteiger partial charge in [0.1, 0.15) is 35.9 Å². The van der Waals surface area contributed by atoms with Gasteiger partial charge in [0, 0.05) is 36.0 Å². The number of aliphatic imine (C=N–C) groups is 1. The standard InChI is InChI=1S/C29H28N6O2/c1-18-11-21(6-8-25(18)37-22-9-10-35-15-19(2)32-26(35)14-22)33-28-23-12-20(5-7-24(23)30-17-31-28)13-27-34-29(3,4)16-36-27/h5-12,14-15,17H,13,16H2,1-4H3,(H,30,31,33). The lowest BCUT2D eigenvalue weighted by Gasteiger charge is -2.13. The van der Waals surface area contributed by atoms with Crippen molar-refractivity contribution in [3.05, 3.63) is 84.1 Å². The normalized spacial score (nSPS) is 14.5. The molecule has 4 heterocycles. The third kappa shape index (κ3) is 4.82. The molecule has 0 aliphatic carbocycles. The number of aryl methyl sites for hydroxylation is 2. The van der Waals surface area contributed by atoms with Gasteiger partial charge in [-0.25, -0.2) is 19.9 Å². The number of anilines is 2. The van der Waals surface area contributed by atoms with E-state index in [9.17, 15) is 0 Å². The Bertz CT molecular complexity index is 1670. The van der Waals surface area contributed by atoms with Crippen molar-refractivity contribution in [3.8, 4) is 11.5 Å². The molecule has 0 saturated heterocycles. The summed E-state index contributed by atoms with van der Waals surface area (Å²) < 4.78 is 13.9. The summed E-state index contributed by atoms with van der Waals surface area (Å²) in [6.07, 6.45) is 6.16. The minimum Gasteiger partial charge on any atom is -0.478 e. The molecule has 0 radical (unpaired) electrons. The second-order valence-electron chi connectivity index (χ2n) is 10.1. The van der Waals surface area contributed by atoms with Crippen LogP contribution < -0.4 is 10.1 Å². The van der Waals surface area contributed by atoms with Crippen molar-refractivity contribution in [2.24, 2.45) is 4.99 Å². The molecule has 1 aliphatic heterocycles. The van der Waals surface area contributed by atoms with Crippen molar-refractivity contribution in [3.63, 3.8) is 0 Å². The molecule has 3 aromatic heterocycles. The molecule has 37 heavy (non-hydrogen) atoms. The number of hydrogen-bond donors (Lipinski definition) is 1. The highest BCUT2D eigenvalue weighted by Gasteiger charge is 2.26. The van der Waals surface area contributed by atoms with Crippen LogP contribution in [0.3, 0.4) is 0 Å². The van der Waals surface area contributed by atoms with E-state index >= 15 is 0 Å². The van der Waals surface area contributed by atoms with E-state index in [0.29, 0.717) is 13.0 Å². The lowest BCUT2D eigenvalue weighted by Crippen LogP contribution is -2.17. The molecule has 0 spiro atoms. The first-order valence-electron chi connectivity index (χ1n) is 12.3. The quantitative estimate of drug-likeness (QED) is 0.305. The van der Waals surface area contributed by atoms with E-state index in [4.69, 9.17) is 9.47 Å². The minimum atomic E-state index is -0.166. The van der Waals surface area contributed by atoms with Crippen molar-refractivity contribution in [1.82, 2.24) is 19.4 Å². The Balaban J connectivity index is 1.23. The molecule has 0 saturated carbocycles. The first kappa shape index (κ1) is 23.0. The average molecular weight is 493 g/mol. The molecule has 1 aliphatic rings. The Kier molecular flexibility index (Phi) is 5.52. The summed E-state index contributed by atoms with van der Waals surface area (Å²) in [6.45, 7) is 8.77. The maximum absolute atomic E-state index is 6.17. The van der Waals surface area contributed by atoms with Gasteiger partial charge in [-0.05, 0) is 75.2 Å². The number of benzene rings is 2. The number of fused-ring (bicyclic) bond motifs is 2. The molecule has 6 rings (SSSR count). The van der Waals surface area contributed by atoms with Crippen LogP contribution >= 0.6 is 0 Å². The zero-order valence-corrected chi connectivity index (χ0v) is 21.3. The molecule has 5 aromatic rings. The second kappa shape index (κ2) is 8.89. The molecule has 0 fully saturated rings. The van der Waals surface area contributed by atoms with E-state index in [0.717, 1.165) is 62.3 Å². The van der Waals surface area contributed by atoms with Gasteiger partial charge in [-0.2, -0.15) is 0 Å². The maximum atomic E-state index is 6.17. The Morgan fingerprint density at radius 3 is 2.76 bits per heavy atom. The van der Waals surface area contributed by atoms with Crippen LogP contribution in [0.25, 0.3) is 16.6 Å². The lowest BCUT2D eigenvalue weighted by atomic mass is 10.1. The SMILES string of the molecule is Cc1cn2ccc(Oc3ccc(Nc4ncnc5ccc(CC6=NC(C)(C)CO6)cc45)cc3C)cc2n1. The largest absolute Gasteiger partial charge is 0.478 e. The Morgan fingerprint density at radius 1 is 1.05 bits per heavy atom. The molecule has 0 amide bonds.